The molecule has 0 aromatic rings. The van der Waals surface area contributed by atoms with Crippen molar-refractivity contribution in [1.29, 1.82) is 0 Å². The van der Waals surface area contributed by atoms with Crippen molar-refractivity contribution in [3.05, 3.63) is 11.1 Å². The summed E-state index contributed by atoms with van der Waals surface area (Å²) in [6.45, 7) is 2.26. The maximum absolute atomic E-state index is 3.27. The van der Waals surface area contributed by atoms with E-state index >= 15 is 0 Å². The van der Waals surface area contributed by atoms with E-state index in [0.29, 0.717) is 0 Å². The summed E-state index contributed by atoms with van der Waals surface area (Å²) in [5.74, 6) is 0. The molecule has 0 aromatic heterocycles. The van der Waals surface area contributed by atoms with Crippen molar-refractivity contribution in [3.63, 3.8) is 0 Å². The molecule has 0 saturated carbocycles. The van der Waals surface area contributed by atoms with Crippen LogP contribution in [0.1, 0.15) is 58.3 Å². The highest BCUT2D eigenvalue weighted by Crippen LogP contribution is 2.08. The molecule has 0 spiro atoms. The Balaban J connectivity index is 2.81. The molecule has 0 aliphatic heterocycles. The molecule has 0 nitrogen and oxygen atoms in total. The standard InChI is InChI=1S/C11H21Br/c1-2-3-4-5-6-7-8-9-10-11-12/h10-11H,2-9H2,1H3/b11-10+. The third-order valence-electron chi connectivity index (χ3n) is 2.06. The zero-order chi connectivity index (χ0) is 9.07. The maximum Gasteiger partial charge on any atom is -0.0229 e. The third-order valence-corrected chi connectivity index (χ3v) is 2.44. The van der Waals surface area contributed by atoms with Crippen LogP contribution in [0, 0.1) is 0 Å². The van der Waals surface area contributed by atoms with Crippen LogP contribution in [0.5, 0.6) is 0 Å². The van der Waals surface area contributed by atoms with Gasteiger partial charge < -0.3 is 0 Å². The predicted octanol–water partition coefficient (Wildman–Crippen LogP) is 5.04. The van der Waals surface area contributed by atoms with Crippen LogP contribution in [-0.4, -0.2) is 0 Å². The van der Waals surface area contributed by atoms with Crippen molar-refractivity contribution in [2.75, 3.05) is 0 Å². The van der Waals surface area contributed by atoms with Crippen molar-refractivity contribution in [2.24, 2.45) is 0 Å². The predicted molar refractivity (Wildman–Crippen MR) is 60.7 cm³/mol. The molecule has 0 aliphatic rings. The lowest BCUT2D eigenvalue weighted by atomic mass is 10.1. The summed E-state index contributed by atoms with van der Waals surface area (Å²) in [6, 6.07) is 0. The normalized spacial score (nSPS) is 11.2. The molecule has 0 atom stereocenters. The minimum absolute atomic E-state index is 1.24. The minimum atomic E-state index is 1.24. The zero-order valence-electron chi connectivity index (χ0n) is 8.19. The van der Waals surface area contributed by atoms with Gasteiger partial charge in [-0.15, -0.1) is 0 Å². The molecule has 0 heterocycles. The topological polar surface area (TPSA) is 0 Å². The van der Waals surface area contributed by atoms with Crippen molar-refractivity contribution in [2.45, 2.75) is 58.3 Å². The highest BCUT2D eigenvalue weighted by atomic mass is 79.9. The number of allylic oxidation sites excluding steroid dienone is 1. The van der Waals surface area contributed by atoms with E-state index in [0.717, 1.165) is 0 Å². The molecule has 0 N–H and O–H groups in total. The first-order valence-electron chi connectivity index (χ1n) is 5.17. The first kappa shape index (κ1) is 12.2. The Bertz CT molecular complexity index is 97.2. The summed E-state index contributed by atoms with van der Waals surface area (Å²) in [4.78, 5) is 1.96. The van der Waals surface area contributed by atoms with E-state index in [1.807, 2.05) is 4.99 Å². The fourth-order valence-corrected chi connectivity index (χ4v) is 1.55. The van der Waals surface area contributed by atoms with Gasteiger partial charge in [-0.3, -0.25) is 0 Å². The van der Waals surface area contributed by atoms with Gasteiger partial charge in [0.1, 0.15) is 0 Å². The Hall–Kier alpha value is 0.220. The lowest BCUT2D eigenvalue weighted by molar-refractivity contribution is 0.592. The maximum atomic E-state index is 3.27. The minimum Gasteiger partial charge on any atom is -0.0776 e. The van der Waals surface area contributed by atoms with Gasteiger partial charge in [0, 0.05) is 0 Å². The second kappa shape index (κ2) is 11.2. The summed E-state index contributed by atoms with van der Waals surface area (Å²) >= 11 is 3.27. The van der Waals surface area contributed by atoms with E-state index in [-0.39, 0.29) is 0 Å². The first-order valence-corrected chi connectivity index (χ1v) is 6.08. The molecule has 0 unspecified atom stereocenters. The van der Waals surface area contributed by atoms with E-state index in [9.17, 15) is 0 Å². The third kappa shape index (κ3) is 10.2. The number of unbranched alkanes of at least 4 members (excludes halogenated alkanes) is 7. The summed E-state index contributed by atoms with van der Waals surface area (Å²) in [5.41, 5.74) is 0. The number of hydrogen-bond acceptors (Lipinski definition) is 0. The number of hydrogen-bond donors (Lipinski definition) is 0. The Labute approximate surface area is 85.6 Å². The molecule has 0 aliphatic carbocycles. The second-order valence-electron chi connectivity index (χ2n) is 3.27. The molecule has 1 heteroatoms. The molecule has 12 heavy (non-hydrogen) atoms. The van der Waals surface area contributed by atoms with E-state index in [2.05, 4.69) is 28.9 Å². The largest absolute Gasteiger partial charge is 0.0776 e. The van der Waals surface area contributed by atoms with Crippen LogP contribution in [0.4, 0.5) is 0 Å². The van der Waals surface area contributed by atoms with Crippen LogP contribution in [0.2, 0.25) is 0 Å². The fraction of sp³-hybridized carbons (Fsp3) is 0.818. The van der Waals surface area contributed by atoms with Gasteiger partial charge in [-0.2, -0.15) is 0 Å². The van der Waals surface area contributed by atoms with Gasteiger partial charge in [0.25, 0.3) is 0 Å². The summed E-state index contributed by atoms with van der Waals surface area (Å²) in [5, 5.41) is 0. The molecule has 0 radical (unpaired) electrons. The Kier molecular flexibility index (Phi) is 11.4. The molecule has 0 fully saturated rings. The number of rotatable bonds is 8. The molecular weight excluding hydrogens is 212 g/mol. The van der Waals surface area contributed by atoms with Crippen LogP contribution >= 0.6 is 15.9 Å². The van der Waals surface area contributed by atoms with Crippen LogP contribution in [-0.2, 0) is 0 Å². The highest BCUT2D eigenvalue weighted by molar-refractivity contribution is 9.11. The zero-order valence-corrected chi connectivity index (χ0v) is 9.78. The van der Waals surface area contributed by atoms with E-state index in [4.69, 9.17) is 0 Å². The monoisotopic (exact) mass is 232 g/mol. The molecule has 0 rings (SSSR count). The first-order chi connectivity index (χ1) is 5.91. The lowest BCUT2D eigenvalue weighted by Gasteiger charge is -1.98. The summed E-state index contributed by atoms with van der Waals surface area (Å²) in [6.07, 6.45) is 13.3. The van der Waals surface area contributed by atoms with Crippen molar-refractivity contribution in [3.8, 4) is 0 Å². The van der Waals surface area contributed by atoms with Gasteiger partial charge in [-0.25, -0.2) is 0 Å². The van der Waals surface area contributed by atoms with Crippen molar-refractivity contribution >= 4 is 15.9 Å². The van der Waals surface area contributed by atoms with Gasteiger partial charge in [0.2, 0.25) is 0 Å². The Morgan fingerprint density at radius 2 is 1.50 bits per heavy atom. The van der Waals surface area contributed by atoms with E-state index in [1.165, 1.54) is 51.4 Å². The SMILES string of the molecule is CCCCCCCCC/C=C/Br. The Morgan fingerprint density at radius 1 is 0.917 bits per heavy atom. The molecule has 72 valence electrons. The summed E-state index contributed by atoms with van der Waals surface area (Å²) in [7, 11) is 0. The summed E-state index contributed by atoms with van der Waals surface area (Å²) < 4.78 is 0. The second-order valence-corrected chi connectivity index (χ2v) is 3.80. The van der Waals surface area contributed by atoms with Crippen LogP contribution < -0.4 is 0 Å². The van der Waals surface area contributed by atoms with Gasteiger partial charge in [-0.05, 0) is 17.8 Å². The van der Waals surface area contributed by atoms with E-state index < -0.39 is 0 Å². The molecule has 0 bridgehead atoms. The molecule has 0 aromatic carbocycles. The molecule has 0 saturated heterocycles. The van der Waals surface area contributed by atoms with Gasteiger partial charge in [0.15, 0.2) is 0 Å². The van der Waals surface area contributed by atoms with Crippen molar-refractivity contribution in [1.82, 2.24) is 0 Å². The average Bonchev–Trinajstić information content (AvgIpc) is 2.10. The van der Waals surface area contributed by atoms with Gasteiger partial charge >= 0.3 is 0 Å². The Morgan fingerprint density at radius 3 is 2.08 bits per heavy atom. The number of halogens is 1. The van der Waals surface area contributed by atoms with E-state index in [1.54, 1.807) is 0 Å². The van der Waals surface area contributed by atoms with Crippen LogP contribution in [0.15, 0.2) is 11.1 Å². The van der Waals surface area contributed by atoms with Gasteiger partial charge in [-0.1, -0.05) is 67.5 Å². The highest BCUT2D eigenvalue weighted by Gasteiger charge is 1.88. The average molecular weight is 233 g/mol. The quantitative estimate of drug-likeness (QED) is 0.515. The lowest BCUT2D eigenvalue weighted by Crippen LogP contribution is -1.78. The van der Waals surface area contributed by atoms with Gasteiger partial charge in [0.05, 0.1) is 0 Å². The molecular formula is C11H21Br. The smallest absolute Gasteiger partial charge is 0.0229 e. The fourth-order valence-electron chi connectivity index (χ4n) is 1.28. The van der Waals surface area contributed by atoms with Crippen molar-refractivity contribution < 1.29 is 0 Å². The molecule has 0 amide bonds. The van der Waals surface area contributed by atoms with Crippen LogP contribution in [0.3, 0.4) is 0 Å². The van der Waals surface area contributed by atoms with Crippen LogP contribution in [0.25, 0.3) is 0 Å².